The van der Waals surface area contributed by atoms with Crippen LogP contribution in [0.2, 0.25) is 5.02 Å². The van der Waals surface area contributed by atoms with Crippen LogP contribution in [0.5, 0.6) is 0 Å². The fourth-order valence-corrected chi connectivity index (χ4v) is 1.31. The van der Waals surface area contributed by atoms with Crippen molar-refractivity contribution in [2.45, 2.75) is 12.8 Å². The van der Waals surface area contributed by atoms with Crippen LogP contribution in [0.1, 0.15) is 17.0 Å². The number of benzene rings is 1. The largest absolute Gasteiger partial charge is 0.250 e. The first kappa shape index (κ1) is 9.53. The first-order chi connectivity index (χ1) is 5.65. The van der Waals surface area contributed by atoms with Gasteiger partial charge in [-0.05, 0) is 37.1 Å². The average molecular weight is 186 g/mol. The Hall–Kier alpha value is -0.560. The van der Waals surface area contributed by atoms with Gasteiger partial charge in [-0.3, -0.25) is 4.39 Å². The van der Waals surface area contributed by atoms with E-state index in [1.807, 2.05) is 13.0 Å². The molecular weight excluding hydrogens is 175 g/mol. The zero-order chi connectivity index (χ0) is 9.14. The van der Waals surface area contributed by atoms with Gasteiger partial charge >= 0.3 is 0 Å². The smallest absolute Gasteiger partial charge is 0.0963 e. The van der Waals surface area contributed by atoms with Crippen LogP contribution in [0.25, 0.3) is 0 Å². The van der Waals surface area contributed by atoms with Crippen molar-refractivity contribution in [2.75, 3.05) is 6.67 Å². The van der Waals surface area contributed by atoms with Gasteiger partial charge in [-0.1, -0.05) is 17.7 Å². The Labute approximate surface area is 77.4 Å². The molecule has 0 spiro atoms. The number of rotatable bonds is 2. The molecule has 0 N–H and O–H groups in total. The summed E-state index contributed by atoms with van der Waals surface area (Å²) in [5, 5.41) is 0.637. The van der Waals surface area contributed by atoms with Crippen molar-refractivity contribution < 1.29 is 4.39 Å². The first-order valence-electron chi connectivity index (χ1n) is 3.80. The summed E-state index contributed by atoms with van der Waals surface area (Å²) in [6.07, 6.45) is 0. The van der Waals surface area contributed by atoms with Crippen LogP contribution in [-0.4, -0.2) is 6.67 Å². The zero-order valence-corrected chi connectivity index (χ0v) is 7.74. The standard InChI is InChI=1S/C10H11ClF/c1-7-3-4-9(11)5-10(7)8(2)6-12/h3-5,8H,2,6H2,1H3. The van der Waals surface area contributed by atoms with E-state index in [0.29, 0.717) is 5.02 Å². The summed E-state index contributed by atoms with van der Waals surface area (Å²) < 4.78 is 12.3. The predicted molar refractivity (Wildman–Crippen MR) is 50.3 cm³/mol. The van der Waals surface area contributed by atoms with E-state index in [4.69, 9.17) is 11.6 Å². The number of halogens is 2. The fraction of sp³-hybridized carbons (Fsp3) is 0.300. The number of aryl methyl sites for hydroxylation is 1. The third-order valence-corrected chi connectivity index (χ3v) is 2.10. The van der Waals surface area contributed by atoms with Gasteiger partial charge in [0.05, 0.1) is 6.67 Å². The Balaban J connectivity index is 3.04. The molecular formula is C10H11ClF. The van der Waals surface area contributed by atoms with Crippen LogP contribution in [0.15, 0.2) is 18.2 Å². The lowest BCUT2D eigenvalue weighted by Crippen LogP contribution is -1.98. The van der Waals surface area contributed by atoms with Gasteiger partial charge in [0.25, 0.3) is 0 Å². The Bertz CT molecular complexity index is 271. The van der Waals surface area contributed by atoms with Crippen molar-refractivity contribution in [3.63, 3.8) is 0 Å². The number of hydrogen-bond acceptors (Lipinski definition) is 0. The minimum atomic E-state index is -0.443. The van der Waals surface area contributed by atoms with E-state index in [1.54, 1.807) is 12.1 Å². The second-order valence-corrected chi connectivity index (χ2v) is 3.29. The van der Waals surface area contributed by atoms with Gasteiger partial charge in [0, 0.05) is 10.9 Å². The molecule has 0 heterocycles. The Morgan fingerprint density at radius 2 is 2.25 bits per heavy atom. The molecule has 12 heavy (non-hydrogen) atoms. The number of hydrogen-bond donors (Lipinski definition) is 0. The lowest BCUT2D eigenvalue weighted by Gasteiger charge is -2.10. The van der Waals surface area contributed by atoms with E-state index in [9.17, 15) is 4.39 Å². The summed E-state index contributed by atoms with van der Waals surface area (Å²) in [5.41, 5.74) is 1.93. The highest BCUT2D eigenvalue weighted by Gasteiger charge is 2.07. The molecule has 1 rings (SSSR count). The van der Waals surface area contributed by atoms with Gasteiger partial charge in [0.2, 0.25) is 0 Å². The van der Waals surface area contributed by atoms with Gasteiger partial charge < -0.3 is 0 Å². The summed E-state index contributed by atoms with van der Waals surface area (Å²) in [4.78, 5) is 0. The van der Waals surface area contributed by atoms with Crippen molar-refractivity contribution >= 4 is 11.6 Å². The second-order valence-electron chi connectivity index (χ2n) is 2.85. The van der Waals surface area contributed by atoms with Gasteiger partial charge in [0.15, 0.2) is 0 Å². The van der Waals surface area contributed by atoms with E-state index in [1.165, 1.54) is 0 Å². The molecule has 1 aromatic carbocycles. The predicted octanol–water partition coefficient (Wildman–Crippen LogP) is 3.54. The van der Waals surface area contributed by atoms with E-state index in [0.717, 1.165) is 11.1 Å². The Morgan fingerprint density at radius 3 is 2.83 bits per heavy atom. The van der Waals surface area contributed by atoms with E-state index in [2.05, 4.69) is 6.92 Å². The normalized spacial score (nSPS) is 13.0. The molecule has 0 saturated carbocycles. The molecule has 1 atom stereocenters. The molecule has 0 aromatic heterocycles. The van der Waals surface area contributed by atoms with Gasteiger partial charge in [-0.15, -0.1) is 0 Å². The molecule has 0 saturated heterocycles. The third kappa shape index (κ3) is 1.98. The summed E-state index contributed by atoms with van der Waals surface area (Å²) in [6.45, 7) is 5.18. The zero-order valence-electron chi connectivity index (χ0n) is 6.98. The van der Waals surface area contributed by atoms with E-state index >= 15 is 0 Å². The molecule has 0 aliphatic heterocycles. The van der Waals surface area contributed by atoms with Crippen LogP contribution in [-0.2, 0) is 0 Å². The molecule has 0 amide bonds. The van der Waals surface area contributed by atoms with Crippen molar-refractivity contribution in [1.82, 2.24) is 0 Å². The average Bonchev–Trinajstić information content (AvgIpc) is 2.08. The molecule has 1 unspecified atom stereocenters. The fourth-order valence-electron chi connectivity index (χ4n) is 1.13. The second kappa shape index (κ2) is 3.90. The molecule has 2 heteroatoms. The van der Waals surface area contributed by atoms with Gasteiger partial charge in [-0.2, -0.15) is 0 Å². The van der Waals surface area contributed by atoms with Crippen LogP contribution >= 0.6 is 11.6 Å². The highest BCUT2D eigenvalue weighted by Crippen LogP contribution is 2.23. The monoisotopic (exact) mass is 185 g/mol. The van der Waals surface area contributed by atoms with Crippen LogP contribution < -0.4 is 0 Å². The van der Waals surface area contributed by atoms with Crippen LogP contribution in [0.4, 0.5) is 4.39 Å². The molecule has 65 valence electrons. The topological polar surface area (TPSA) is 0 Å². The lowest BCUT2D eigenvalue weighted by atomic mass is 9.98. The minimum Gasteiger partial charge on any atom is -0.250 e. The molecule has 1 aromatic rings. The van der Waals surface area contributed by atoms with Gasteiger partial charge in [-0.25, -0.2) is 0 Å². The first-order valence-corrected chi connectivity index (χ1v) is 4.18. The van der Waals surface area contributed by atoms with Gasteiger partial charge in [0.1, 0.15) is 0 Å². The summed E-state index contributed by atoms with van der Waals surface area (Å²) in [6, 6.07) is 5.45. The summed E-state index contributed by atoms with van der Waals surface area (Å²) in [7, 11) is 0. The summed E-state index contributed by atoms with van der Waals surface area (Å²) in [5.74, 6) is -0.302. The Morgan fingerprint density at radius 1 is 1.58 bits per heavy atom. The quantitative estimate of drug-likeness (QED) is 0.661. The maximum atomic E-state index is 12.3. The highest BCUT2D eigenvalue weighted by atomic mass is 35.5. The van der Waals surface area contributed by atoms with Crippen LogP contribution in [0.3, 0.4) is 0 Å². The molecule has 0 aliphatic carbocycles. The van der Waals surface area contributed by atoms with Crippen molar-refractivity contribution in [3.8, 4) is 0 Å². The van der Waals surface area contributed by atoms with E-state index < -0.39 is 6.67 Å². The van der Waals surface area contributed by atoms with E-state index in [-0.39, 0.29) is 5.92 Å². The maximum Gasteiger partial charge on any atom is 0.0963 e. The molecule has 0 bridgehead atoms. The molecule has 0 aliphatic rings. The maximum absolute atomic E-state index is 12.3. The van der Waals surface area contributed by atoms with Crippen molar-refractivity contribution in [2.24, 2.45) is 0 Å². The highest BCUT2D eigenvalue weighted by molar-refractivity contribution is 6.30. The van der Waals surface area contributed by atoms with Crippen molar-refractivity contribution in [3.05, 3.63) is 41.3 Å². The molecule has 0 nitrogen and oxygen atoms in total. The summed E-state index contributed by atoms with van der Waals surface area (Å²) >= 11 is 5.77. The molecule has 1 radical (unpaired) electrons. The third-order valence-electron chi connectivity index (χ3n) is 1.87. The Kier molecular flexibility index (Phi) is 3.10. The van der Waals surface area contributed by atoms with Crippen molar-refractivity contribution in [1.29, 1.82) is 0 Å². The SMILES string of the molecule is [CH2]C(CF)c1cc(Cl)ccc1C. The molecule has 0 fully saturated rings. The lowest BCUT2D eigenvalue weighted by molar-refractivity contribution is 0.464. The number of alkyl halides is 1. The minimum absolute atomic E-state index is 0.302. The van der Waals surface area contributed by atoms with Crippen LogP contribution in [0, 0.1) is 13.8 Å².